The molecule has 100 valence electrons. The number of anilines is 2. The van der Waals surface area contributed by atoms with Crippen LogP contribution in [0.25, 0.3) is 0 Å². The molecule has 0 atom stereocenters. The second-order valence-corrected chi connectivity index (χ2v) is 4.73. The predicted octanol–water partition coefficient (Wildman–Crippen LogP) is 2.96. The van der Waals surface area contributed by atoms with Crippen molar-refractivity contribution < 1.29 is 4.74 Å². The summed E-state index contributed by atoms with van der Waals surface area (Å²) < 4.78 is 5.55. The van der Waals surface area contributed by atoms with Gasteiger partial charge in [0.15, 0.2) is 0 Å². The van der Waals surface area contributed by atoms with Gasteiger partial charge in [-0.05, 0) is 24.1 Å². The topological polar surface area (TPSA) is 72.5 Å². The normalized spacial score (nSPS) is 10.8. The van der Waals surface area contributed by atoms with E-state index < -0.39 is 0 Å². The van der Waals surface area contributed by atoms with Crippen LogP contribution in [0, 0.1) is 0 Å². The Bertz CT molecular complexity index is 553. The Kier molecular flexibility index (Phi) is 4.74. The standard InChI is InChI=1S/C13H16N4OS/c1-2-6-18-11-5-3-4-10(7-11)8-15-17-13-16-12(14)9-19-13/h3-5,7-9H,2,6,14H2,1H3,(H,16,17). The number of nitrogen functional groups attached to an aromatic ring is 1. The van der Waals surface area contributed by atoms with Crippen molar-refractivity contribution in [3.63, 3.8) is 0 Å². The lowest BCUT2D eigenvalue weighted by Crippen LogP contribution is -1.96. The van der Waals surface area contributed by atoms with Gasteiger partial charge in [0, 0.05) is 5.38 Å². The van der Waals surface area contributed by atoms with E-state index in [-0.39, 0.29) is 0 Å². The summed E-state index contributed by atoms with van der Waals surface area (Å²) in [5.41, 5.74) is 9.31. The van der Waals surface area contributed by atoms with Gasteiger partial charge in [-0.3, -0.25) is 5.43 Å². The predicted molar refractivity (Wildman–Crippen MR) is 80.0 cm³/mol. The van der Waals surface area contributed by atoms with Gasteiger partial charge in [0.25, 0.3) is 0 Å². The fourth-order valence-electron chi connectivity index (χ4n) is 1.40. The lowest BCUT2D eigenvalue weighted by molar-refractivity contribution is 0.317. The van der Waals surface area contributed by atoms with E-state index in [1.807, 2.05) is 24.3 Å². The van der Waals surface area contributed by atoms with Crippen LogP contribution in [-0.2, 0) is 0 Å². The number of nitrogens with one attached hydrogen (secondary N) is 1. The van der Waals surface area contributed by atoms with Crippen LogP contribution in [0.1, 0.15) is 18.9 Å². The highest BCUT2D eigenvalue weighted by Crippen LogP contribution is 2.16. The third-order valence-electron chi connectivity index (χ3n) is 2.23. The Labute approximate surface area is 116 Å². The number of thiazole rings is 1. The van der Waals surface area contributed by atoms with Gasteiger partial charge in [-0.15, -0.1) is 11.3 Å². The summed E-state index contributed by atoms with van der Waals surface area (Å²) in [5, 5.41) is 6.54. The number of benzene rings is 1. The highest BCUT2D eigenvalue weighted by molar-refractivity contribution is 7.14. The Morgan fingerprint density at radius 1 is 1.53 bits per heavy atom. The monoisotopic (exact) mass is 276 g/mol. The molecule has 1 aromatic heterocycles. The largest absolute Gasteiger partial charge is 0.494 e. The number of ether oxygens (including phenoxy) is 1. The van der Waals surface area contributed by atoms with Gasteiger partial charge in [0.05, 0.1) is 12.8 Å². The minimum atomic E-state index is 0.498. The molecule has 0 saturated carbocycles. The van der Waals surface area contributed by atoms with Gasteiger partial charge >= 0.3 is 0 Å². The summed E-state index contributed by atoms with van der Waals surface area (Å²) in [6.07, 6.45) is 2.71. The smallest absolute Gasteiger partial charge is 0.205 e. The molecule has 0 unspecified atom stereocenters. The Morgan fingerprint density at radius 2 is 2.42 bits per heavy atom. The molecule has 19 heavy (non-hydrogen) atoms. The van der Waals surface area contributed by atoms with Crippen LogP contribution < -0.4 is 15.9 Å². The first-order valence-electron chi connectivity index (χ1n) is 6.01. The second-order valence-electron chi connectivity index (χ2n) is 3.87. The molecule has 0 aliphatic carbocycles. The number of hydrogen-bond acceptors (Lipinski definition) is 6. The van der Waals surface area contributed by atoms with Crippen molar-refractivity contribution in [3.05, 3.63) is 35.2 Å². The molecule has 0 fully saturated rings. The molecule has 1 aromatic carbocycles. The Hall–Kier alpha value is -2.08. The van der Waals surface area contributed by atoms with Crippen LogP contribution in [0.2, 0.25) is 0 Å². The van der Waals surface area contributed by atoms with Crippen LogP contribution in [0.3, 0.4) is 0 Å². The molecule has 2 aromatic rings. The highest BCUT2D eigenvalue weighted by Gasteiger charge is 1.96. The maximum atomic E-state index is 5.55. The molecule has 0 bridgehead atoms. The zero-order valence-electron chi connectivity index (χ0n) is 10.7. The van der Waals surface area contributed by atoms with Gasteiger partial charge in [-0.25, -0.2) is 4.98 Å². The van der Waals surface area contributed by atoms with E-state index in [9.17, 15) is 0 Å². The lowest BCUT2D eigenvalue weighted by atomic mass is 10.2. The number of rotatable bonds is 6. The number of hydrazone groups is 1. The van der Waals surface area contributed by atoms with E-state index in [2.05, 4.69) is 22.4 Å². The van der Waals surface area contributed by atoms with Crippen molar-refractivity contribution in [1.82, 2.24) is 4.98 Å². The molecular weight excluding hydrogens is 260 g/mol. The van der Waals surface area contributed by atoms with Crippen molar-refractivity contribution in [2.75, 3.05) is 17.8 Å². The van der Waals surface area contributed by atoms with Crippen LogP contribution in [0.5, 0.6) is 5.75 Å². The van der Waals surface area contributed by atoms with Crippen LogP contribution in [-0.4, -0.2) is 17.8 Å². The van der Waals surface area contributed by atoms with E-state index in [0.29, 0.717) is 10.9 Å². The van der Waals surface area contributed by atoms with Gasteiger partial charge in [0.1, 0.15) is 11.6 Å². The number of aromatic nitrogens is 1. The third-order valence-corrected chi connectivity index (χ3v) is 2.99. The number of nitrogens with two attached hydrogens (primary N) is 1. The Balaban J connectivity index is 1.94. The quantitative estimate of drug-likeness (QED) is 0.628. The molecule has 0 spiro atoms. The maximum absolute atomic E-state index is 5.55. The molecule has 1 heterocycles. The van der Waals surface area contributed by atoms with Gasteiger partial charge < -0.3 is 10.5 Å². The summed E-state index contributed by atoms with van der Waals surface area (Å²) in [5.74, 6) is 1.35. The number of hydrogen-bond donors (Lipinski definition) is 2. The molecular formula is C13H16N4OS. The first-order valence-corrected chi connectivity index (χ1v) is 6.89. The van der Waals surface area contributed by atoms with Crippen LogP contribution in [0.4, 0.5) is 10.9 Å². The van der Waals surface area contributed by atoms with Gasteiger partial charge in [-0.2, -0.15) is 5.10 Å². The summed E-state index contributed by atoms with van der Waals surface area (Å²) in [6.45, 7) is 2.80. The van der Waals surface area contributed by atoms with Crippen LogP contribution in [0.15, 0.2) is 34.7 Å². The van der Waals surface area contributed by atoms with E-state index in [4.69, 9.17) is 10.5 Å². The van der Waals surface area contributed by atoms with E-state index in [0.717, 1.165) is 24.3 Å². The van der Waals surface area contributed by atoms with Crippen molar-refractivity contribution in [2.45, 2.75) is 13.3 Å². The SMILES string of the molecule is CCCOc1cccc(C=NNc2nc(N)cs2)c1. The lowest BCUT2D eigenvalue weighted by Gasteiger charge is -2.04. The average molecular weight is 276 g/mol. The fourth-order valence-corrected chi connectivity index (χ4v) is 1.95. The third kappa shape index (κ3) is 4.26. The molecule has 3 N–H and O–H groups in total. The zero-order valence-corrected chi connectivity index (χ0v) is 11.5. The van der Waals surface area contributed by atoms with Crippen molar-refractivity contribution >= 4 is 28.5 Å². The molecule has 0 radical (unpaired) electrons. The Morgan fingerprint density at radius 3 is 3.16 bits per heavy atom. The van der Waals surface area contributed by atoms with E-state index >= 15 is 0 Å². The summed E-state index contributed by atoms with van der Waals surface area (Å²) in [4.78, 5) is 4.05. The molecule has 5 nitrogen and oxygen atoms in total. The van der Waals surface area contributed by atoms with Crippen molar-refractivity contribution in [3.8, 4) is 5.75 Å². The maximum Gasteiger partial charge on any atom is 0.205 e. The summed E-state index contributed by atoms with van der Waals surface area (Å²) in [7, 11) is 0. The van der Waals surface area contributed by atoms with Crippen LogP contribution >= 0.6 is 11.3 Å². The number of nitrogens with zero attached hydrogens (tertiary/aromatic N) is 2. The zero-order chi connectivity index (χ0) is 13.5. The highest BCUT2D eigenvalue weighted by atomic mass is 32.1. The van der Waals surface area contributed by atoms with E-state index in [1.165, 1.54) is 11.3 Å². The van der Waals surface area contributed by atoms with E-state index in [1.54, 1.807) is 11.6 Å². The summed E-state index contributed by atoms with van der Waals surface area (Å²) >= 11 is 1.41. The molecule has 0 amide bonds. The molecule has 0 aliphatic rings. The van der Waals surface area contributed by atoms with Gasteiger partial charge in [-0.1, -0.05) is 19.1 Å². The molecule has 0 saturated heterocycles. The van der Waals surface area contributed by atoms with Crippen molar-refractivity contribution in [2.24, 2.45) is 5.10 Å². The first-order chi connectivity index (χ1) is 9.28. The minimum absolute atomic E-state index is 0.498. The molecule has 6 heteroatoms. The summed E-state index contributed by atoms with van der Waals surface area (Å²) in [6, 6.07) is 7.77. The average Bonchev–Trinajstić information content (AvgIpc) is 2.83. The molecule has 2 rings (SSSR count). The van der Waals surface area contributed by atoms with Crippen molar-refractivity contribution in [1.29, 1.82) is 0 Å². The minimum Gasteiger partial charge on any atom is -0.494 e. The fraction of sp³-hybridized carbons (Fsp3) is 0.231. The van der Waals surface area contributed by atoms with Gasteiger partial charge in [0.2, 0.25) is 5.13 Å². The second kappa shape index (κ2) is 6.75. The first kappa shape index (κ1) is 13.4. The molecule has 0 aliphatic heterocycles.